The number of hydrogen-bond donors (Lipinski definition) is 1. The highest BCUT2D eigenvalue weighted by molar-refractivity contribution is 5.30. The number of hydrogen-bond acceptors (Lipinski definition) is 1. The molecular formula is C14H20FN. The lowest BCUT2D eigenvalue weighted by Crippen LogP contribution is -2.26. The molecule has 1 fully saturated rings. The first-order valence-electron chi connectivity index (χ1n) is 6.18. The molecule has 2 rings (SSSR count). The van der Waals surface area contributed by atoms with Crippen molar-refractivity contribution in [2.24, 2.45) is 0 Å². The van der Waals surface area contributed by atoms with E-state index in [4.69, 9.17) is 0 Å². The van der Waals surface area contributed by atoms with Gasteiger partial charge in [0.25, 0.3) is 0 Å². The molecule has 1 nitrogen and oxygen atoms in total. The van der Waals surface area contributed by atoms with Gasteiger partial charge in [-0.2, -0.15) is 0 Å². The summed E-state index contributed by atoms with van der Waals surface area (Å²) in [7, 11) is 0. The second kappa shape index (κ2) is 4.96. The fourth-order valence-corrected chi connectivity index (χ4v) is 2.41. The Morgan fingerprint density at radius 3 is 2.56 bits per heavy atom. The van der Waals surface area contributed by atoms with E-state index in [0.717, 1.165) is 18.7 Å². The Labute approximate surface area is 97.1 Å². The Hall–Kier alpha value is -0.890. The standard InChI is InChI=1S/C14H20FN/c1-10(2)13-9-12(3-4-14(13)15)11-5-7-16-8-6-11/h3-4,9-11,16H,5-8H2,1-2H3. The molecule has 0 radical (unpaired) electrons. The molecule has 1 heterocycles. The first-order chi connectivity index (χ1) is 7.68. The van der Waals surface area contributed by atoms with Crippen LogP contribution in [-0.2, 0) is 0 Å². The molecule has 0 bridgehead atoms. The predicted octanol–water partition coefficient (Wildman–Crippen LogP) is 3.42. The van der Waals surface area contributed by atoms with Crippen LogP contribution in [-0.4, -0.2) is 13.1 Å². The Bertz CT molecular complexity index is 354. The van der Waals surface area contributed by atoms with E-state index >= 15 is 0 Å². The summed E-state index contributed by atoms with van der Waals surface area (Å²) in [5.74, 6) is 0.814. The summed E-state index contributed by atoms with van der Waals surface area (Å²) in [6.45, 7) is 6.26. The third-order valence-electron chi connectivity index (χ3n) is 3.45. The first-order valence-corrected chi connectivity index (χ1v) is 6.18. The van der Waals surface area contributed by atoms with Crippen LogP contribution in [0.1, 0.15) is 49.7 Å². The van der Waals surface area contributed by atoms with Gasteiger partial charge in [0.1, 0.15) is 5.82 Å². The van der Waals surface area contributed by atoms with Crippen LogP contribution in [0.2, 0.25) is 0 Å². The van der Waals surface area contributed by atoms with Crippen molar-refractivity contribution in [1.82, 2.24) is 5.32 Å². The average molecular weight is 221 g/mol. The minimum Gasteiger partial charge on any atom is -0.317 e. The van der Waals surface area contributed by atoms with Gasteiger partial charge in [-0.1, -0.05) is 26.0 Å². The van der Waals surface area contributed by atoms with E-state index < -0.39 is 0 Å². The lowest BCUT2D eigenvalue weighted by molar-refractivity contribution is 0.459. The number of benzene rings is 1. The van der Waals surface area contributed by atoms with Gasteiger partial charge in [-0.15, -0.1) is 0 Å². The van der Waals surface area contributed by atoms with Gasteiger partial charge in [-0.05, 0) is 55.0 Å². The molecule has 0 unspecified atom stereocenters. The van der Waals surface area contributed by atoms with Crippen LogP contribution in [0.25, 0.3) is 0 Å². The van der Waals surface area contributed by atoms with E-state index in [1.807, 2.05) is 19.9 Å². The average Bonchev–Trinajstić information content (AvgIpc) is 2.30. The molecular weight excluding hydrogens is 201 g/mol. The van der Waals surface area contributed by atoms with Crippen LogP contribution in [0, 0.1) is 5.82 Å². The highest BCUT2D eigenvalue weighted by Gasteiger charge is 2.17. The summed E-state index contributed by atoms with van der Waals surface area (Å²) in [6.07, 6.45) is 2.34. The second-order valence-corrected chi connectivity index (χ2v) is 4.96. The molecule has 0 aromatic heterocycles. The number of nitrogens with one attached hydrogen (secondary N) is 1. The lowest BCUT2D eigenvalue weighted by Gasteiger charge is -2.24. The maximum absolute atomic E-state index is 13.6. The van der Waals surface area contributed by atoms with E-state index in [2.05, 4.69) is 11.4 Å². The summed E-state index contributed by atoms with van der Waals surface area (Å²) in [6, 6.07) is 5.65. The van der Waals surface area contributed by atoms with Gasteiger partial charge in [-0.25, -0.2) is 4.39 Å². The van der Waals surface area contributed by atoms with E-state index in [0.29, 0.717) is 5.92 Å². The van der Waals surface area contributed by atoms with E-state index in [9.17, 15) is 4.39 Å². The van der Waals surface area contributed by atoms with E-state index in [1.54, 1.807) is 6.07 Å². The second-order valence-electron chi connectivity index (χ2n) is 4.96. The van der Waals surface area contributed by atoms with Gasteiger partial charge < -0.3 is 5.32 Å². The minimum absolute atomic E-state index is 0.0623. The van der Waals surface area contributed by atoms with Crippen molar-refractivity contribution in [3.63, 3.8) is 0 Å². The number of piperidine rings is 1. The Morgan fingerprint density at radius 2 is 1.94 bits per heavy atom. The van der Waals surface area contributed by atoms with Gasteiger partial charge in [0, 0.05) is 0 Å². The summed E-state index contributed by atoms with van der Waals surface area (Å²) in [4.78, 5) is 0. The monoisotopic (exact) mass is 221 g/mol. The fourth-order valence-electron chi connectivity index (χ4n) is 2.41. The topological polar surface area (TPSA) is 12.0 Å². The molecule has 1 saturated heterocycles. The third-order valence-corrected chi connectivity index (χ3v) is 3.45. The minimum atomic E-state index is -0.0623. The summed E-state index contributed by atoms with van der Waals surface area (Å²) in [5.41, 5.74) is 2.17. The molecule has 1 aliphatic rings. The zero-order valence-corrected chi connectivity index (χ0v) is 10.1. The summed E-state index contributed by atoms with van der Waals surface area (Å²) < 4.78 is 13.6. The van der Waals surface area contributed by atoms with Crippen molar-refractivity contribution in [3.8, 4) is 0 Å². The van der Waals surface area contributed by atoms with Crippen molar-refractivity contribution < 1.29 is 4.39 Å². The molecule has 16 heavy (non-hydrogen) atoms. The van der Waals surface area contributed by atoms with Gasteiger partial charge in [0.2, 0.25) is 0 Å². The largest absolute Gasteiger partial charge is 0.317 e. The first kappa shape index (κ1) is 11.6. The highest BCUT2D eigenvalue weighted by atomic mass is 19.1. The van der Waals surface area contributed by atoms with Crippen LogP contribution < -0.4 is 5.32 Å². The summed E-state index contributed by atoms with van der Waals surface area (Å²) in [5, 5.41) is 3.36. The van der Waals surface area contributed by atoms with Crippen molar-refractivity contribution in [2.75, 3.05) is 13.1 Å². The maximum atomic E-state index is 13.6. The van der Waals surface area contributed by atoms with Crippen molar-refractivity contribution in [3.05, 3.63) is 35.1 Å². The van der Waals surface area contributed by atoms with Gasteiger partial charge in [0.05, 0.1) is 0 Å². The molecule has 2 heteroatoms. The number of rotatable bonds is 2. The van der Waals surface area contributed by atoms with Crippen molar-refractivity contribution in [1.29, 1.82) is 0 Å². The predicted molar refractivity (Wildman–Crippen MR) is 65.3 cm³/mol. The third kappa shape index (κ3) is 2.43. The Morgan fingerprint density at radius 1 is 1.25 bits per heavy atom. The smallest absolute Gasteiger partial charge is 0.126 e. The normalized spacial score (nSPS) is 18.0. The zero-order valence-electron chi connectivity index (χ0n) is 10.1. The van der Waals surface area contributed by atoms with Gasteiger partial charge in [0.15, 0.2) is 0 Å². The Kier molecular flexibility index (Phi) is 3.59. The lowest BCUT2D eigenvalue weighted by atomic mass is 9.88. The zero-order chi connectivity index (χ0) is 11.5. The molecule has 0 aliphatic carbocycles. The molecule has 0 spiro atoms. The van der Waals surface area contributed by atoms with Crippen LogP contribution in [0.5, 0.6) is 0 Å². The maximum Gasteiger partial charge on any atom is 0.126 e. The quantitative estimate of drug-likeness (QED) is 0.807. The van der Waals surface area contributed by atoms with E-state index in [-0.39, 0.29) is 11.7 Å². The van der Waals surface area contributed by atoms with Crippen molar-refractivity contribution in [2.45, 2.75) is 38.5 Å². The molecule has 0 saturated carbocycles. The van der Waals surface area contributed by atoms with Crippen LogP contribution in [0.15, 0.2) is 18.2 Å². The van der Waals surface area contributed by atoms with Gasteiger partial charge in [-0.3, -0.25) is 0 Å². The highest BCUT2D eigenvalue weighted by Crippen LogP contribution is 2.28. The molecule has 1 aromatic rings. The number of halogens is 1. The molecule has 1 aromatic carbocycles. The van der Waals surface area contributed by atoms with Crippen LogP contribution in [0.4, 0.5) is 4.39 Å². The Balaban J connectivity index is 2.24. The molecule has 1 N–H and O–H groups in total. The molecule has 0 amide bonds. The molecule has 1 aliphatic heterocycles. The molecule has 0 atom stereocenters. The molecule has 88 valence electrons. The van der Waals surface area contributed by atoms with Crippen LogP contribution >= 0.6 is 0 Å². The van der Waals surface area contributed by atoms with E-state index in [1.165, 1.54) is 18.4 Å². The SMILES string of the molecule is CC(C)c1cc(C2CCNCC2)ccc1F. The summed E-state index contributed by atoms with van der Waals surface area (Å²) >= 11 is 0. The van der Waals surface area contributed by atoms with Crippen molar-refractivity contribution >= 4 is 0 Å². The van der Waals surface area contributed by atoms with Crippen LogP contribution in [0.3, 0.4) is 0 Å². The fraction of sp³-hybridized carbons (Fsp3) is 0.571. The van der Waals surface area contributed by atoms with Gasteiger partial charge >= 0.3 is 0 Å².